The minimum Gasteiger partial charge on any atom is -0.445 e. The van der Waals surface area contributed by atoms with Gasteiger partial charge in [0.25, 0.3) is 0 Å². The number of hydrogen-bond acceptors (Lipinski definition) is 6. The molecule has 0 aliphatic heterocycles. The molecule has 8 heteroatoms. The third-order valence-corrected chi connectivity index (χ3v) is 5.95. The Balaban J connectivity index is 1.34. The number of nitrogens with two attached hydrogens (primary N) is 1. The summed E-state index contributed by atoms with van der Waals surface area (Å²) < 4.78 is 5.51. The molecular formula is C27H26N4O3S. The highest BCUT2D eigenvalue weighted by Crippen LogP contribution is 2.24. The minimum atomic E-state index is -0.461. The highest BCUT2D eigenvalue weighted by atomic mass is 32.1. The molecule has 4 aromatic rings. The van der Waals surface area contributed by atoms with Gasteiger partial charge in [0.1, 0.15) is 6.61 Å². The van der Waals surface area contributed by atoms with Crippen molar-refractivity contribution in [2.24, 2.45) is 0 Å². The van der Waals surface area contributed by atoms with E-state index in [9.17, 15) is 9.59 Å². The minimum absolute atomic E-state index is 0.137. The van der Waals surface area contributed by atoms with Crippen LogP contribution in [0.25, 0.3) is 11.3 Å². The zero-order valence-corrected chi connectivity index (χ0v) is 19.9. The van der Waals surface area contributed by atoms with Crippen LogP contribution < -0.4 is 11.1 Å². The maximum Gasteiger partial charge on any atom is 0.410 e. The van der Waals surface area contributed by atoms with Gasteiger partial charge in [-0.2, -0.15) is 0 Å². The van der Waals surface area contributed by atoms with E-state index >= 15 is 0 Å². The number of hydrogen-bond donors (Lipinski definition) is 2. The van der Waals surface area contributed by atoms with Crippen molar-refractivity contribution in [3.05, 3.63) is 101 Å². The number of aromatic nitrogens is 1. The second-order valence-electron chi connectivity index (χ2n) is 7.89. The standard InChI is InChI=1S/C27H26N4O3S/c28-26-30-24(19-35-26)22-11-13-23(14-12-22)29-25(32)15-16-31(17-20-7-3-1-4-8-20)27(33)34-18-21-9-5-2-6-10-21/h1-14,19H,15-18H2,(H2,28,30)(H,29,32). The molecular weight excluding hydrogens is 460 g/mol. The van der Waals surface area contributed by atoms with Crippen LogP contribution in [-0.2, 0) is 22.7 Å². The van der Waals surface area contributed by atoms with Crippen LogP contribution in [0.3, 0.4) is 0 Å². The molecule has 0 unspecified atom stereocenters. The third kappa shape index (κ3) is 7.15. The van der Waals surface area contributed by atoms with E-state index in [2.05, 4.69) is 10.3 Å². The van der Waals surface area contributed by atoms with Gasteiger partial charge >= 0.3 is 6.09 Å². The number of nitrogen functional groups attached to an aromatic ring is 1. The van der Waals surface area contributed by atoms with Crippen molar-refractivity contribution in [2.45, 2.75) is 19.6 Å². The van der Waals surface area contributed by atoms with Gasteiger partial charge in [0.15, 0.2) is 5.13 Å². The van der Waals surface area contributed by atoms with Crippen LogP contribution in [0.15, 0.2) is 90.3 Å². The zero-order valence-electron chi connectivity index (χ0n) is 19.1. The van der Waals surface area contributed by atoms with E-state index in [4.69, 9.17) is 10.5 Å². The number of nitrogens with one attached hydrogen (secondary N) is 1. The molecule has 3 aromatic carbocycles. The SMILES string of the molecule is Nc1nc(-c2ccc(NC(=O)CCN(Cc3ccccc3)C(=O)OCc3ccccc3)cc2)cs1. The topological polar surface area (TPSA) is 97.5 Å². The largest absolute Gasteiger partial charge is 0.445 e. The Hall–Kier alpha value is -4.17. The Kier molecular flexibility index (Phi) is 8.08. The van der Waals surface area contributed by atoms with E-state index < -0.39 is 6.09 Å². The molecule has 2 amide bonds. The van der Waals surface area contributed by atoms with Crippen molar-refractivity contribution in [2.75, 3.05) is 17.6 Å². The van der Waals surface area contributed by atoms with Crippen LogP contribution in [0.2, 0.25) is 0 Å². The van der Waals surface area contributed by atoms with Crippen LogP contribution in [0.4, 0.5) is 15.6 Å². The number of anilines is 2. The fraction of sp³-hybridized carbons (Fsp3) is 0.148. The lowest BCUT2D eigenvalue weighted by Crippen LogP contribution is -2.33. The number of carbonyl (C=O) groups is 2. The Labute approximate surface area is 208 Å². The van der Waals surface area contributed by atoms with Crippen LogP contribution in [0.5, 0.6) is 0 Å². The van der Waals surface area contributed by atoms with Crippen molar-refractivity contribution < 1.29 is 14.3 Å². The van der Waals surface area contributed by atoms with Crippen molar-refractivity contribution in [1.82, 2.24) is 9.88 Å². The first kappa shape index (κ1) is 24.0. The van der Waals surface area contributed by atoms with Gasteiger partial charge in [0, 0.05) is 36.1 Å². The molecule has 35 heavy (non-hydrogen) atoms. The predicted molar refractivity (Wildman–Crippen MR) is 139 cm³/mol. The zero-order chi connectivity index (χ0) is 24.5. The van der Waals surface area contributed by atoms with Crippen LogP contribution >= 0.6 is 11.3 Å². The highest BCUT2D eigenvalue weighted by molar-refractivity contribution is 7.13. The van der Waals surface area contributed by atoms with E-state index in [1.54, 1.807) is 4.90 Å². The van der Waals surface area contributed by atoms with Crippen molar-refractivity contribution in [1.29, 1.82) is 0 Å². The van der Waals surface area contributed by atoms with E-state index in [0.717, 1.165) is 22.4 Å². The highest BCUT2D eigenvalue weighted by Gasteiger charge is 2.17. The summed E-state index contributed by atoms with van der Waals surface area (Å²) in [7, 11) is 0. The molecule has 4 rings (SSSR count). The number of ether oxygens (including phenoxy) is 1. The fourth-order valence-corrected chi connectivity index (χ4v) is 4.03. The summed E-state index contributed by atoms with van der Waals surface area (Å²) in [6.45, 7) is 0.756. The van der Waals surface area contributed by atoms with Crippen molar-refractivity contribution in [3.8, 4) is 11.3 Å². The summed E-state index contributed by atoms with van der Waals surface area (Å²) in [6, 6.07) is 26.5. The maximum atomic E-state index is 12.8. The van der Waals surface area contributed by atoms with E-state index in [-0.39, 0.29) is 25.5 Å². The number of amides is 2. The predicted octanol–water partition coefficient (Wildman–Crippen LogP) is 5.56. The van der Waals surface area contributed by atoms with E-state index in [1.165, 1.54) is 11.3 Å². The van der Waals surface area contributed by atoms with Gasteiger partial charge in [-0.3, -0.25) is 4.79 Å². The Morgan fingerprint density at radius 2 is 1.57 bits per heavy atom. The lowest BCUT2D eigenvalue weighted by atomic mass is 10.1. The summed E-state index contributed by atoms with van der Waals surface area (Å²) in [6.07, 6.45) is -0.324. The average Bonchev–Trinajstić information content (AvgIpc) is 3.33. The maximum absolute atomic E-state index is 12.8. The molecule has 0 aliphatic rings. The lowest BCUT2D eigenvalue weighted by molar-refractivity contribution is -0.116. The van der Waals surface area contributed by atoms with Crippen LogP contribution in [0, 0.1) is 0 Å². The first-order chi connectivity index (χ1) is 17.1. The van der Waals surface area contributed by atoms with Crippen LogP contribution in [0.1, 0.15) is 17.5 Å². The second-order valence-corrected chi connectivity index (χ2v) is 8.78. The fourth-order valence-electron chi connectivity index (χ4n) is 3.45. The normalized spacial score (nSPS) is 10.5. The molecule has 178 valence electrons. The second kappa shape index (κ2) is 11.8. The van der Waals surface area contributed by atoms with Gasteiger partial charge in [-0.05, 0) is 23.3 Å². The molecule has 0 aliphatic carbocycles. The molecule has 0 saturated heterocycles. The Morgan fingerprint density at radius 3 is 2.20 bits per heavy atom. The van der Waals surface area contributed by atoms with E-state index in [0.29, 0.717) is 17.4 Å². The number of carbonyl (C=O) groups excluding carboxylic acids is 2. The smallest absolute Gasteiger partial charge is 0.410 e. The van der Waals surface area contributed by atoms with Gasteiger partial charge in [-0.1, -0.05) is 72.8 Å². The molecule has 0 spiro atoms. The lowest BCUT2D eigenvalue weighted by Gasteiger charge is -2.22. The molecule has 0 saturated carbocycles. The summed E-state index contributed by atoms with van der Waals surface area (Å²) in [4.78, 5) is 31.3. The van der Waals surface area contributed by atoms with Gasteiger partial charge in [-0.15, -0.1) is 11.3 Å². The molecule has 0 bridgehead atoms. The molecule has 1 heterocycles. The summed E-state index contributed by atoms with van der Waals surface area (Å²) >= 11 is 1.38. The third-order valence-electron chi connectivity index (χ3n) is 5.27. The van der Waals surface area contributed by atoms with Gasteiger partial charge in [0.2, 0.25) is 5.91 Å². The molecule has 1 aromatic heterocycles. The number of thiazole rings is 1. The first-order valence-corrected chi connectivity index (χ1v) is 12.1. The monoisotopic (exact) mass is 486 g/mol. The molecule has 7 nitrogen and oxygen atoms in total. The quantitative estimate of drug-likeness (QED) is 0.323. The number of benzene rings is 3. The van der Waals surface area contributed by atoms with Gasteiger partial charge in [-0.25, -0.2) is 9.78 Å². The Morgan fingerprint density at radius 1 is 0.914 bits per heavy atom. The summed E-state index contributed by atoms with van der Waals surface area (Å²) in [5.74, 6) is -0.190. The summed E-state index contributed by atoms with van der Waals surface area (Å²) in [5, 5.41) is 5.29. The average molecular weight is 487 g/mol. The molecule has 0 atom stereocenters. The van der Waals surface area contributed by atoms with E-state index in [1.807, 2.05) is 90.3 Å². The summed E-state index contributed by atoms with van der Waals surface area (Å²) in [5.41, 5.74) is 9.96. The van der Waals surface area contributed by atoms with Crippen molar-refractivity contribution >= 4 is 34.2 Å². The van der Waals surface area contributed by atoms with Crippen molar-refractivity contribution in [3.63, 3.8) is 0 Å². The Bertz CT molecular complexity index is 1240. The van der Waals surface area contributed by atoms with Gasteiger partial charge in [0.05, 0.1) is 5.69 Å². The number of nitrogens with zero attached hydrogens (tertiary/aromatic N) is 2. The first-order valence-electron chi connectivity index (χ1n) is 11.2. The van der Waals surface area contributed by atoms with Crippen LogP contribution in [-0.4, -0.2) is 28.4 Å². The molecule has 0 fully saturated rings. The van der Waals surface area contributed by atoms with Gasteiger partial charge < -0.3 is 20.7 Å². The molecule has 3 N–H and O–H groups in total. The number of rotatable bonds is 9. The molecule has 0 radical (unpaired) electrons.